The number of ether oxygens (including phenoxy) is 1. The van der Waals surface area contributed by atoms with E-state index in [1.807, 2.05) is 32.0 Å². The van der Waals surface area contributed by atoms with Gasteiger partial charge >= 0.3 is 0 Å². The van der Waals surface area contributed by atoms with Crippen LogP contribution in [0.4, 0.5) is 18.9 Å². The molecule has 1 aliphatic rings. The second kappa shape index (κ2) is 8.02. The van der Waals surface area contributed by atoms with Crippen LogP contribution in [0.2, 0.25) is 0 Å². The Kier molecular flexibility index (Phi) is 5.69. The van der Waals surface area contributed by atoms with Gasteiger partial charge in [-0.05, 0) is 49.2 Å². The standard InChI is InChI=1S/C20H19F3N2O3/c1-11-5-12(2)7-13(6-11)25-9-14(28-10-17(25)26)8-24-20(27)15-3-4-16(21)19(23)18(15)22/h3-7,14H,8-10H2,1-2H3,(H,24,27). The van der Waals surface area contributed by atoms with Crippen LogP contribution >= 0.6 is 0 Å². The molecule has 1 heterocycles. The van der Waals surface area contributed by atoms with Gasteiger partial charge in [-0.3, -0.25) is 9.59 Å². The minimum atomic E-state index is -1.70. The quantitative estimate of drug-likeness (QED) is 0.814. The molecular formula is C20H19F3N2O3. The van der Waals surface area contributed by atoms with Crippen molar-refractivity contribution in [3.05, 3.63) is 64.5 Å². The Morgan fingerprint density at radius 3 is 2.50 bits per heavy atom. The molecule has 0 bridgehead atoms. The minimum absolute atomic E-state index is 0.0220. The van der Waals surface area contributed by atoms with Crippen LogP contribution in [0.15, 0.2) is 30.3 Å². The molecule has 28 heavy (non-hydrogen) atoms. The van der Waals surface area contributed by atoms with Crippen molar-refractivity contribution < 1.29 is 27.5 Å². The summed E-state index contributed by atoms with van der Waals surface area (Å²) in [7, 11) is 0. The van der Waals surface area contributed by atoms with Crippen molar-refractivity contribution in [2.24, 2.45) is 0 Å². The number of aryl methyl sites for hydroxylation is 2. The molecule has 148 valence electrons. The Morgan fingerprint density at radius 2 is 1.82 bits per heavy atom. The molecule has 1 aliphatic heterocycles. The molecule has 3 rings (SSSR count). The third-order valence-electron chi connectivity index (χ3n) is 4.42. The molecule has 1 N–H and O–H groups in total. The van der Waals surface area contributed by atoms with Gasteiger partial charge in [-0.15, -0.1) is 0 Å². The summed E-state index contributed by atoms with van der Waals surface area (Å²) in [5, 5.41) is 2.43. The fourth-order valence-electron chi connectivity index (χ4n) is 3.11. The molecule has 0 aliphatic carbocycles. The maximum atomic E-state index is 13.7. The first-order chi connectivity index (χ1) is 13.3. The molecule has 0 saturated carbocycles. The van der Waals surface area contributed by atoms with Gasteiger partial charge in [0.2, 0.25) is 0 Å². The zero-order valence-corrected chi connectivity index (χ0v) is 15.4. The number of hydrogen-bond acceptors (Lipinski definition) is 3. The summed E-state index contributed by atoms with van der Waals surface area (Å²) in [4.78, 5) is 25.9. The first-order valence-corrected chi connectivity index (χ1v) is 8.68. The number of morpholine rings is 1. The van der Waals surface area contributed by atoms with E-state index in [2.05, 4.69) is 5.32 Å². The van der Waals surface area contributed by atoms with Gasteiger partial charge in [-0.25, -0.2) is 13.2 Å². The summed E-state index contributed by atoms with van der Waals surface area (Å²) in [6.45, 7) is 3.87. The molecule has 1 saturated heterocycles. The van der Waals surface area contributed by atoms with E-state index in [9.17, 15) is 22.8 Å². The monoisotopic (exact) mass is 392 g/mol. The smallest absolute Gasteiger partial charge is 0.254 e. The molecule has 2 aromatic carbocycles. The number of hydrogen-bond donors (Lipinski definition) is 1. The van der Waals surface area contributed by atoms with E-state index >= 15 is 0 Å². The molecule has 1 atom stereocenters. The molecule has 1 unspecified atom stereocenters. The third-order valence-corrected chi connectivity index (χ3v) is 4.42. The van der Waals surface area contributed by atoms with Crippen LogP contribution in [-0.4, -0.2) is 37.6 Å². The van der Waals surface area contributed by atoms with E-state index in [4.69, 9.17) is 4.74 Å². The lowest BCUT2D eigenvalue weighted by Gasteiger charge is -2.33. The Bertz CT molecular complexity index is 913. The third kappa shape index (κ3) is 4.17. The van der Waals surface area contributed by atoms with Gasteiger partial charge in [0.1, 0.15) is 6.61 Å². The van der Waals surface area contributed by atoms with Crippen molar-refractivity contribution in [3.63, 3.8) is 0 Å². The van der Waals surface area contributed by atoms with E-state index in [1.165, 1.54) is 0 Å². The second-order valence-electron chi connectivity index (χ2n) is 6.72. The normalized spacial score (nSPS) is 17.0. The molecular weight excluding hydrogens is 373 g/mol. The lowest BCUT2D eigenvalue weighted by atomic mass is 10.1. The highest BCUT2D eigenvalue weighted by Gasteiger charge is 2.28. The second-order valence-corrected chi connectivity index (χ2v) is 6.72. The van der Waals surface area contributed by atoms with Gasteiger partial charge in [0.05, 0.1) is 18.2 Å². The van der Waals surface area contributed by atoms with Crippen LogP contribution in [0.3, 0.4) is 0 Å². The van der Waals surface area contributed by atoms with Crippen LogP contribution in [0.1, 0.15) is 21.5 Å². The molecule has 0 aromatic heterocycles. The highest BCUT2D eigenvalue weighted by molar-refractivity contribution is 5.96. The number of carbonyl (C=O) groups is 2. The van der Waals surface area contributed by atoms with Crippen molar-refractivity contribution in [2.45, 2.75) is 20.0 Å². The van der Waals surface area contributed by atoms with Crippen molar-refractivity contribution in [1.82, 2.24) is 5.32 Å². The van der Waals surface area contributed by atoms with Crippen LogP contribution in [0.5, 0.6) is 0 Å². The Balaban J connectivity index is 1.67. The van der Waals surface area contributed by atoms with Gasteiger partial charge < -0.3 is 15.0 Å². The number of carbonyl (C=O) groups excluding carboxylic acids is 2. The van der Waals surface area contributed by atoms with Gasteiger partial charge in [0.25, 0.3) is 11.8 Å². The predicted octanol–water partition coefficient (Wildman–Crippen LogP) is 2.88. The van der Waals surface area contributed by atoms with Crippen molar-refractivity contribution >= 4 is 17.5 Å². The highest BCUT2D eigenvalue weighted by Crippen LogP contribution is 2.22. The Labute approximate surface area is 160 Å². The van der Waals surface area contributed by atoms with E-state index < -0.39 is 35.0 Å². The molecule has 8 heteroatoms. The summed E-state index contributed by atoms with van der Waals surface area (Å²) in [6.07, 6.45) is -0.532. The number of halogens is 3. The van der Waals surface area contributed by atoms with Crippen molar-refractivity contribution in [2.75, 3.05) is 24.6 Å². The van der Waals surface area contributed by atoms with Crippen molar-refractivity contribution in [1.29, 1.82) is 0 Å². The molecule has 0 radical (unpaired) electrons. The summed E-state index contributed by atoms with van der Waals surface area (Å²) in [5.74, 6) is -5.72. The fraction of sp³-hybridized carbons (Fsp3) is 0.300. The lowest BCUT2D eigenvalue weighted by Crippen LogP contribution is -2.50. The van der Waals surface area contributed by atoms with Gasteiger partial charge in [0.15, 0.2) is 17.5 Å². The summed E-state index contributed by atoms with van der Waals surface area (Å²) >= 11 is 0. The topological polar surface area (TPSA) is 58.6 Å². The Hall–Kier alpha value is -2.87. The highest BCUT2D eigenvalue weighted by atomic mass is 19.2. The zero-order valence-electron chi connectivity index (χ0n) is 15.4. The summed E-state index contributed by atoms with van der Waals surface area (Å²) in [6, 6.07) is 7.30. The van der Waals surface area contributed by atoms with E-state index in [-0.39, 0.29) is 25.6 Å². The van der Waals surface area contributed by atoms with E-state index in [1.54, 1.807) is 4.90 Å². The maximum absolute atomic E-state index is 13.7. The van der Waals surface area contributed by atoms with Crippen LogP contribution in [0.25, 0.3) is 0 Å². The van der Waals surface area contributed by atoms with Crippen molar-refractivity contribution in [3.8, 4) is 0 Å². The number of nitrogens with zero attached hydrogens (tertiary/aromatic N) is 1. The van der Waals surface area contributed by atoms with Crippen LogP contribution in [0, 0.1) is 31.3 Å². The molecule has 2 aromatic rings. The van der Waals surface area contributed by atoms with Gasteiger partial charge in [-0.2, -0.15) is 0 Å². The van der Waals surface area contributed by atoms with E-state index in [0.29, 0.717) is 6.07 Å². The summed E-state index contributed by atoms with van der Waals surface area (Å²) in [5.41, 5.74) is 2.15. The first-order valence-electron chi connectivity index (χ1n) is 8.68. The van der Waals surface area contributed by atoms with Crippen LogP contribution < -0.4 is 10.2 Å². The molecule has 0 spiro atoms. The SMILES string of the molecule is Cc1cc(C)cc(N2CC(CNC(=O)c3ccc(F)c(F)c3F)OCC2=O)c1. The molecule has 1 fully saturated rings. The average Bonchev–Trinajstić information content (AvgIpc) is 2.64. The number of amides is 2. The van der Waals surface area contributed by atoms with E-state index in [0.717, 1.165) is 22.9 Å². The number of rotatable bonds is 4. The molecule has 5 nitrogen and oxygen atoms in total. The molecule has 2 amide bonds. The number of nitrogens with one attached hydrogen (secondary N) is 1. The number of anilines is 1. The first kappa shape index (κ1) is 19.9. The lowest BCUT2D eigenvalue weighted by molar-refractivity contribution is -0.129. The van der Waals surface area contributed by atoms with Crippen LogP contribution in [-0.2, 0) is 9.53 Å². The predicted molar refractivity (Wildman–Crippen MR) is 96.7 cm³/mol. The number of benzene rings is 2. The maximum Gasteiger partial charge on any atom is 0.254 e. The minimum Gasteiger partial charge on any atom is -0.365 e. The zero-order chi connectivity index (χ0) is 20.4. The Morgan fingerprint density at radius 1 is 1.14 bits per heavy atom. The fourth-order valence-corrected chi connectivity index (χ4v) is 3.11. The van der Waals surface area contributed by atoms with Gasteiger partial charge in [-0.1, -0.05) is 6.07 Å². The van der Waals surface area contributed by atoms with Gasteiger partial charge in [0, 0.05) is 12.2 Å². The average molecular weight is 392 g/mol. The largest absolute Gasteiger partial charge is 0.365 e. The summed E-state index contributed by atoms with van der Waals surface area (Å²) < 4.78 is 45.4.